The lowest BCUT2D eigenvalue weighted by Crippen LogP contribution is -2.53. The standard InChI is InChI=1S/C21H28N6O2/c1-22-21(25-11-10-24-20(28)17-6-5-9-23-16-17)27-14-12-26(13-15-27)18-7-3-4-8-19(18)29-2/h3-9,16H,10-15H2,1-2H3,(H,22,25)(H,24,28). The van der Waals surface area contributed by atoms with E-state index in [-0.39, 0.29) is 5.91 Å². The van der Waals surface area contributed by atoms with E-state index in [4.69, 9.17) is 4.74 Å². The van der Waals surface area contributed by atoms with E-state index in [1.807, 2.05) is 18.2 Å². The molecule has 29 heavy (non-hydrogen) atoms. The van der Waals surface area contributed by atoms with Crippen LogP contribution in [0.2, 0.25) is 0 Å². The number of rotatable bonds is 6. The molecule has 1 aliphatic rings. The summed E-state index contributed by atoms with van der Waals surface area (Å²) in [4.78, 5) is 25.0. The lowest BCUT2D eigenvalue weighted by molar-refractivity contribution is 0.0954. The van der Waals surface area contributed by atoms with Crippen LogP contribution in [-0.2, 0) is 0 Å². The van der Waals surface area contributed by atoms with E-state index in [2.05, 4.69) is 36.5 Å². The zero-order valence-electron chi connectivity index (χ0n) is 17.0. The number of carbonyl (C=O) groups is 1. The van der Waals surface area contributed by atoms with Gasteiger partial charge in [-0.2, -0.15) is 0 Å². The van der Waals surface area contributed by atoms with Crippen molar-refractivity contribution in [3.8, 4) is 5.75 Å². The van der Waals surface area contributed by atoms with Crippen molar-refractivity contribution in [3.63, 3.8) is 0 Å². The predicted octanol–water partition coefficient (Wildman–Crippen LogP) is 1.22. The van der Waals surface area contributed by atoms with Crippen molar-refractivity contribution in [2.75, 3.05) is 58.3 Å². The number of nitrogens with one attached hydrogen (secondary N) is 2. The topological polar surface area (TPSA) is 82.1 Å². The number of nitrogens with zero attached hydrogens (tertiary/aromatic N) is 4. The Balaban J connectivity index is 1.44. The Labute approximate surface area is 171 Å². The zero-order chi connectivity index (χ0) is 20.5. The van der Waals surface area contributed by atoms with Crippen LogP contribution in [0.3, 0.4) is 0 Å². The summed E-state index contributed by atoms with van der Waals surface area (Å²) in [5.41, 5.74) is 1.68. The molecule has 0 unspecified atom stereocenters. The van der Waals surface area contributed by atoms with Crippen LogP contribution in [0.25, 0.3) is 0 Å². The molecule has 0 saturated carbocycles. The van der Waals surface area contributed by atoms with Gasteiger partial charge in [-0.15, -0.1) is 0 Å². The van der Waals surface area contributed by atoms with Gasteiger partial charge in [0.25, 0.3) is 5.91 Å². The maximum Gasteiger partial charge on any atom is 0.252 e. The monoisotopic (exact) mass is 396 g/mol. The molecule has 1 aromatic carbocycles. The van der Waals surface area contributed by atoms with E-state index in [1.165, 1.54) is 0 Å². The number of piperazine rings is 1. The summed E-state index contributed by atoms with van der Waals surface area (Å²) >= 11 is 0. The largest absolute Gasteiger partial charge is 0.495 e. The highest BCUT2D eigenvalue weighted by Crippen LogP contribution is 2.28. The first kappa shape index (κ1) is 20.4. The average Bonchev–Trinajstić information content (AvgIpc) is 2.79. The molecule has 1 aromatic heterocycles. The summed E-state index contributed by atoms with van der Waals surface area (Å²) < 4.78 is 5.48. The van der Waals surface area contributed by atoms with Crippen LogP contribution in [-0.4, -0.2) is 75.2 Å². The fourth-order valence-electron chi connectivity index (χ4n) is 3.33. The van der Waals surface area contributed by atoms with Crippen molar-refractivity contribution in [2.45, 2.75) is 0 Å². The fourth-order valence-corrected chi connectivity index (χ4v) is 3.33. The van der Waals surface area contributed by atoms with Crippen molar-refractivity contribution < 1.29 is 9.53 Å². The van der Waals surface area contributed by atoms with Gasteiger partial charge in [0.05, 0.1) is 18.4 Å². The molecular formula is C21H28N6O2. The number of para-hydroxylation sites is 2. The molecule has 0 aliphatic carbocycles. The third kappa shape index (κ3) is 5.37. The summed E-state index contributed by atoms with van der Waals surface area (Å²) in [6.45, 7) is 4.61. The van der Waals surface area contributed by atoms with E-state index in [1.54, 1.807) is 38.7 Å². The smallest absolute Gasteiger partial charge is 0.252 e. The highest BCUT2D eigenvalue weighted by molar-refractivity contribution is 5.93. The second kappa shape index (κ2) is 10.3. The first-order valence-corrected chi connectivity index (χ1v) is 9.74. The van der Waals surface area contributed by atoms with Crippen LogP contribution in [0, 0.1) is 0 Å². The third-order valence-corrected chi connectivity index (χ3v) is 4.83. The second-order valence-corrected chi connectivity index (χ2v) is 6.62. The van der Waals surface area contributed by atoms with Crippen LogP contribution in [0.1, 0.15) is 10.4 Å². The van der Waals surface area contributed by atoms with Crippen molar-refractivity contribution >= 4 is 17.6 Å². The lowest BCUT2D eigenvalue weighted by Gasteiger charge is -2.38. The van der Waals surface area contributed by atoms with Crippen molar-refractivity contribution in [3.05, 3.63) is 54.4 Å². The van der Waals surface area contributed by atoms with Crippen molar-refractivity contribution in [1.82, 2.24) is 20.5 Å². The molecular weight excluding hydrogens is 368 g/mol. The molecule has 8 heteroatoms. The molecule has 0 bridgehead atoms. The van der Waals surface area contributed by atoms with Gasteiger partial charge in [0.1, 0.15) is 5.75 Å². The number of guanidine groups is 1. The normalized spacial score (nSPS) is 14.5. The summed E-state index contributed by atoms with van der Waals surface area (Å²) in [5, 5.41) is 6.21. The molecule has 0 spiro atoms. The van der Waals surface area contributed by atoms with Crippen LogP contribution in [0.15, 0.2) is 53.8 Å². The van der Waals surface area contributed by atoms with Gasteiger partial charge in [-0.3, -0.25) is 14.8 Å². The molecule has 0 radical (unpaired) electrons. The van der Waals surface area contributed by atoms with E-state index in [9.17, 15) is 4.79 Å². The lowest BCUT2D eigenvalue weighted by atomic mass is 10.2. The fraction of sp³-hybridized carbons (Fsp3) is 0.381. The number of hydrogen-bond donors (Lipinski definition) is 2. The molecule has 1 aliphatic heterocycles. The van der Waals surface area contributed by atoms with Crippen molar-refractivity contribution in [1.29, 1.82) is 0 Å². The van der Waals surface area contributed by atoms with Crippen molar-refractivity contribution in [2.24, 2.45) is 4.99 Å². The van der Waals surface area contributed by atoms with Gasteiger partial charge in [-0.05, 0) is 24.3 Å². The number of benzene rings is 1. The minimum Gasteiger partial charge on any atom is -0.495 e. The second-order valence-electron chi connectivity index (χ2n) is 6.62. The molecule has 1 saturated heterocycles. The molecule has 2 heterocycles. The van der Waals surface area contributed by atoms with Crippen LogP contribution >= 0.6 is 0 Å². The SMILES string of the molecule is CN=C(NCCNC(=O)c1cccnc1)N1CCN(c2ccccc2OC)CC1. The van der Waals surface area contributed by atoms with E-state index < -0.39 is 0 Å². The number of aliphatic imine (C=N–C) groups is 1. The number of anilines is 1. The van der Waals surface area contributed by atoms with Gasteiger partial charge in [0.2, 0.25) is 0 Å². The minimum atomic E-state index is -0.125. The molecule has 2 aromatic rings. The summed E-state index contributed by atoms with van der Waals surface area (Å²) in [7, 11) is 3.48. The number of aromatic nitrogens is 1. The van der Waals surface area contributed by atoms with E-state index in [0.29, 0.717) is 18.7 Å². The number of ether oxygens (including phenoxy) is 1. The molecule has 154 valence electrons. The Bertz CT molecular complexity index is 819. The molecule has 2 N–H and O–H groups in total. The predicted molar refractivity (Wildman–Crippen MR) is 115 cm³/mol. The zero-order valence-corrected chi connectivity index (χ0v) is 17.0. The maximum absolute atomic E-state index is 12.0. The van der Waals surface area contributed by atoms with Gasteiger partial charge in [-0.1, -0.05) is 12.1 Å². The Morgan fingerprint density at radius 3 is 2.55 bits per heavy atom. The Kier molecular flexibility index (Phi) is 7.27. The molecule has 1 fully saturated rings. The number of carbonyl (C=O) groups excluding carboxylic acids is 1. The maximum atomic E-state index is 12.0. The summed E-state index contributed by atoms with van der Waals surface area (Å²) in [6, 6.07) is 11.6. The van der Waals surface area contributed by atoms with Gasteiger partial charge in [0, 0.05) is 58.7 Å². The van der Waals surface area contributed by atoms with Gasteiger partial charge in [-0.25, -0.2) is 0 Å². The summed E-state index contributed by atoms with van der Waals surface area (Å²) in [5.74, 6) is 1.62. The summed E-state index contributed by atoms with van der Waals surface area (Å²) in [6.07, 6.45) is 3.21. The molecule has 1 amide bonds. The number of pyridine rings is 1. The quantitative estimate of drug-likeness (QED) is 0.434. The van der Waals surface area contributed by atoms with E-state index in [0.717, 1.165) is 43.6 Å². The third-order valence-electron chi connectivity index (χ3n) is 4.83. The number of hydrogen-bond acceptors (Lipinski definition) is 5. The first-order chi connectivity index (χ1) is 14.2. The molecule has 8 nitrogen and oxygen atoms in total. The Morgan fingerprint density at radius 1 is 1.10 bits per heavy atom. The number of methoxy groups -OCH3 is 1. The van der Waals surface area contributed by atoms with Crippen LogP contribution in [0.4, 0.5) is 5.69 Å². The van der Waals surface area contributed by atoms with E-state index >= 15 is 0 Å². The van der Waals surface area contributed by atoms with Gasteiger partial charge >= 0.3 is 0 Å². The van der Waals surface area contributed by atoms with Gasteiger partial charge in [0.15, 0.2) is 5.96 Å². The first-order valence-electron chi connectivity index (χ1n) is 9.74. The Hall–Kier alpha value is -3.29. The Morgan fingerprint density at radius 2 is 1.86 bits per heavy atom. The van der Waals surface area contributed by atoms with Crippen LogP contribution < -0.4 is 20.3 Å². The van der Waals surface area contributed by atoms with Crippen LogP contribution in [0.5, 0.6) is 5.75 Å². The minimum absolute atomic E-state index is 0.125. The number of amides is 1. The molecule has 3 rings (SSSR count). The van der Waals surface area contributed by atoms with Gasteiger partial charge < -0.3 is 25.2 Å². The average molecular weight is 396 g/mol. The highest BCUT2D eigenvalue weighted by Gasteiger charge is 2.21. The highest BCUT2D eigenvalue weighted by atomic mass is 16.5. The molecule has 0 atom stereocenters.